The van der Waals surface area contributed by atoms with Gasteiger partial charge in [0.05, 0.1) is 0 Å². The van der Waals surface area contributed by atoms with E-state index in [9.17, 15) is 4.79 Å². The van der Waals surface area contributed by atoms with Gasteiger partial charge in [0.1, 0.15) is 0 Å². The Kier molecular flexibility index (Phi) is 3.78. The molecule has 1 aliphatic heterocycles. The maximum atomic E-state index is 12.4. The first-order chi connectivity index (χ1) is 8.24. The molecule has 0 aliphatic carbocycles. The first kappa shape index (κ1) is 12.1. The number of hydrogen-bond acceptors (Lipinski definition) is 3. The molecule has 0 aromatic carbocycles. The number of carbonyl (C=O) groups excluding carboxylic acids is 1. The van der Waals surface area contributed by atoms with Crippen LogP contribution in [0.1, 0.15) is 36.3 Å². The van der Waals surface area contributed by atoms with E-state index in [0.717, 1.165) is 25.8 Å². The quantitative estimate of drug-likeness (QED) is 0.843. The summed E-state index contributed by atoms with van der Waals surface area (Å²) in [6.07, 6.45) is 7.68. The van der Waals surface area contributed by atoms with Crippen LogP contribution in [0, 0.1) is 0 Å². The molecule has 5 nitrogen and oxygen atoms in total. The Morgan fingerprint density at radius 1 is 1.59 bits per heavy atom. The standard InChI is InChI=1S/C12H20N4O/c1-15-9-7-14-11(15)12(17)16-8-3-2-4-10(16)5-6-13/h7,9-10H,2-6,8,13H2,1H3. The van der Waals surface area contributed by atoms with Crippen molar-refractivity contribution in [3.63, 3.8) is 0 Å². The van der Waals surface area contributed by atoms with Crippen LogP contribution in [-0.2, 0) is 7.05 Å². The Morgan fingerprint density at radius 2 is 2.41 bits per heavy atom. The van der Waals surface area contributed by atoms with E-state index in [2.05, 4.69) is 4.98 Å². The third-order valence-corrected chi connectivity index (χ3v) is 3.40. The van der Waals surface area contributed by atoms with Crippen LogP contribution in [0.5, 0.6) is 0 Å². The van der Waals surface area contributed by atoms with Crippen molar-refractivity contribution in [1.29, 1.82) is 0 Å². The monoisotopic (exact) mass is 236 g/mol. The number of aromatic nitrogens is 2. The van der Waals surface area contributed by atoms with Gasteiger partial charge in [-0.05, 0) is 32.2 Å². The molecule has 94 valence electrons. The van der Waals surface area contributed by atoms with Crippen LogP contribution in [0.4, 0.5) is 0 Å². The van der Waals surface area contributed by atoms with E-state index >= 15 is 0 Å². The lowest BCUT2D eigenvalue weighted by Gasteiger charge is -2.35. The molecule has 1 aliphatic rings. The van der Waals surface area contributed by atoms with Crippen LogP contribution in [0.25, 0.3) is 0 Å². The van der Waals surface area contributed by atoms with Crippen molar-refractivity contribution in [2.24, 2.45) is 12.8 Å². The van der Waals surface area contributed by atoms with Gasteiger partial charge in [0.15, 0.2) is 5.82 Å². The van der Waals surface area contributed by atoms with Crippen LogP contribution < -0.4 is 5.73 Å². The second-order valence-electron chi connectivity index (χ2n) is 4.59. The first-order valence-electron chi connectivity index (χ1n) is 6.22. The molecule has 0 bridgehead atoms. The molecule has 2 N–H and O–H groups in total. The van der Waals surface area contributed by atoms with Gasteiger partial charge in [-0.1, -0.05) is 0 Å². The van der Waals surface area contributed by atoms with Gasteiger partial charge in [0.25, 0.3) is 5.91 Å². The molecule has 2 rings (SSSR count). The van der Waals surface area contributed by atoms with Crippen molar-refractivity contribution >= 4 is 5.91 Å². The normalized spacial score (nSPS) is 20.6. The van der Waals surface area contributed by atoms with E-state index < -0.39 is 0 Å². The lowest BCUT2D eigenvalue weighted by molar-refractivity contribution is 0.0588. The minimum atomic E-state index is 0.0376. The molecule has 1 fully saturated rings. The number of aryl methyl sites for hydroxylation is 1. The number of hydrogen-bond donors (Lipinski definition) is 1. The van der Waals surface area contributed by atoms with Gasteiger partial charge in [-0.2, -0.15) is 0 Å². The summed E-state index contributed by atoms with van der Waals surface area (Å²) in [5.74, 6) is 0.560. The fraction of sp³-hybridized carbons (Fsp3) is 0.667. The summed E-state index contributed by atoms with van der Waals surface area (Å²) in [5.41, 5.74) is 5.61. The van der Waals surface area contributed by atoms with Crippen molar-refractivity contribution in [3.8, 4) is 0 Å². The minimum Gasteiger partial charge on any atom is -0.333 e. The minimum absolute atomic E-state index is 0.0376. The maximum absolute atomic E-state index is 12.4. The van der Waals surface area contributed by atoms with E-state index in [0.29, 0.717) is 12.4 Å². The number of nitrogens with zero attached hydrogens (tertiary/aromatic N) is 3. The molecular formula is C12H20N4O. The van der Waals surface area contributed by atoms with Gasteiger partial charge in [0.2, 0.25) is 0 Å². The lowest BCUT2D eigenvalue weighted by atomic mass is 9.99. The second kappa shape index (κ2) is 5.31. The van der Waals surface area contributed by atoms with Crippen molar-refractivity contribution < 1.29 is 4.79 Å². The van der Waals surface area contributed by atoms with Gasteiger partial charge < -0.3 is 15.2 Å². The molecule has 1 atom stereocenters. The van der Waals surface area contributed by atoms with E-state index in [1.165, 1.54) is 6.42 Å². The molecule has 1 aromatic rings. The molecule has 1 aromatic heterocycles. The smallest absolute Gasteiger partial charge is 0.290 e. The number of likely N-dealkylation sites (tertiary alicyclic amines) is 1. The first-order valence-corrected chi connectivity index (χ1v) is 6.22. The molecular weight excluding hydrogens is 216 g/mol. The van der Waals surface area contributed by atoms with Crippen LogP contribution in [0.15, 0.2) is 12.4 Å². The molecule has 1 amide bonds. The zero-order chi connectivity index (χ0) is 12.3. The number of nitrogens with two attached hydrogens (primary N) is 1. The summed E-state index contributed by atoms with van der Waals surface area (Å²) in [6.45, 7) is 1.46. The SMILES string of the molecule is Cn1ccnc1C(=O)N1CCCCC1CCN. The number of piperidine rings is 1. The van der Waals surface area contributed by atoms with Crippen LogP contribution in [0.2, 0.25) is 0 Å². The molecule has 1 unspecified atom stereocenters. The Labute approximate surface area is 102 Å². The summed E-state index contributed by atoms with van der Waals surface area (Å²) in [7, 11) is 1.85. The highest BCUT2D eigenvalue weighted by molar-refractivity contribution is 5.91. The van der Waals surface area contributed by atoms with Gasteiger partial charge in [-0.3, -0.25) is 4.79 Å². The fourth-order valence-electron chi connectivity index (χ4n) is 2.46. The Bertz CT molecular complexity index is 386. The molecule has 1 saturated heterocycles. The Hall–Kier alpha value is -1.36. The van der Waals surface area contributed by atoms with Crippen molar-refractivity contribution in [3.05, 3.63) is 18.2 Å². The highest BCUT2D eigenvalue weighted by Crippen LogP contribution is 2.21. The Morgan fingerprint density at radius 3 is 3.06 bits per heavy atom. The van der Waals surface area contributed by atoms with Crippen LogP contribution in [-0.4, -0.2) is 39.5 Å². The van der Waals surface area contributed by atoms with Gasteiger partial charge in [0, 0.05) is 32.0 Å². The summed E-state index contributed by atoms with van der Waals surface area (Å²) in [4.78, 5) is 18.4. The molecule has 17 heavy (non-hydrogen) atoms. The number of carbonyl (C=O) groups is 1. The highest BCUT2D eigenvalue weighted by atomic mass is 16.2. The predicted octanol–water partition coefficient (Wildman–Crippen LogP) is 0.764. The average molecular weight is 236 g/mol. The van der Waals surface area contributed by atoms with Gasteiger partial charge in [-0.15, -0.1) is 0 Å². The van der Waals surface area contributed by atoms with Gasteiger partial charge in [-0.25, -0.2) is 4.98 Å². The largest absolute Gasteiger partial charge is 0.333 e. The summed E-state index contributed by atoms with van der Waals surface area (Å²) >= 11 is 0. The summed E-state index contributed by atoms with van der Waals surface area (Å²) in [5, 5.41) is 0. The zero-order valence-electron chi connectivity index (χ0n) is 10.3. The third kappa shape index (κ3) is 2.49. The van der Waals surface area contributed by atoms with Gasteiger partial charge >= 0.3 is 0 Å². The van der Waals surface area contributed by atoms with E-state index in [4.69, 9.17) is 5.73 Å². The molecule has 0 spiro atoms. The topological polar surface area (TPSA) is 64.2 Å². The number of imidazole rings is 1. The molecule has 5 heteroatoms. The van der Waals surface area contributed by atoms with Crippen LogP contribution in [0.3, 0.4) is 0 Å². The molecule has 2 heterocycles. The van der Waals surface area contributed by atoms with Crippen molar-refractivity contribution in [2.75, 3.05) is 13.1 Å². The van der Waals surface area contributed by atoms with Crippen LogP contribution >= 0.6 is 0 Å². The zero-order valence-corrected chi connectivity index (χ0v) is 10.3. The molecule has 0 radical (unpaired) electrons. The van der Waals surface area contributed by atoms with E-state index in [-0.39, 0.29) is 11.9 Å². The Balaban J connectivity index is 2.14. The third-order valence-electron chi connectivity index (χ3n) is 3.40. The number of amides is 1. The number of rotatable bonds is 3. The van der Waals surface area contributed by atoms with E-state index in [1.807, 2.05) is 11.9 Å². The highest BCUT2D eigenvalue weighted by Gasteiger charge is 2.28. The van der Waals surface area contributed by atoms with E-state index in [1.54, 1.807) is 17.0 Å². The van der Waals surface area contributed by atoms with Crippen molar-refractivity contribution in [1.82, 2.24) is 14.5 Å². The van der Waals surface area contributed by atoms with Crippen molar-refractivity contribution in [2.45, 2.75) is 31.7 Å². The maximum Gasteiger partial charge on any atom is 0.290 e. The summed E-state index contributed by atoms with van der Waals surface area (Å²) in [6, 6.07) is 0.290. The molecule has 0 saturated carbocycles. The second-order valence-corrected chi connectivity index (χ2v) is 4.59. The summed E-state index contributed by atoms with van der Waals surface area (Å²) < 4.78 is 1.77. The lowest BCUT2D eigenvalue weighted by Crippen LogP contribution is -2.45. The average Bonchev–Trinajstić information content (AvgIpc) is 2.76. The predicted molar refractivity (Wildman–Crippen MR) is 65.6 cm³/mol. The fourth-order valence-corrected chi connectivity index (χ4v) is 2.46.